The fourth-order valence-electron chi connectivity index (χ4n) is 3.30. The molecule has 0 saturated carbocycles. The van der Waals surface area contributed by atoms with Gasteiger partial charge in [0.1, 0.15) is 5.75 Å². The van der Waals surface area contributed by atoms with Gasteiger partial charge < -0.3 is 9.67 Å². The summed E-state index contributed by atoms with van der Waals surface area (Å²) in [6.45, 7) is 0.571. The molecule has 146 valence electrons. The fourth-order valence-corrected chi connectivity index (χ4v) is 4.28. The van der Waals surface area contributed by atoms with Crippen LogP contribution in [0.3, 0.4) is 0 Å². The van der Waals surface area contributed by atoms with Gasteiger partial charge in [0.15, 0.2) is 0 Å². The molecule has 0 radical (unpaired) electrons. The van der Waals surface area contributed by atoms with Crippen molar-refractivity contribution < 1.29 is 9.90 Å². The van der Waals surface area contributed by atoms with E-state index in [1.807, 2.05) is 0 Å². The number of hydrazone groups is 1. The Kier molecular flexibility index (Phi) is 6.04. The van der Waals surface area contributed by atoms with Crippen molar-refractivity contribution in [1.29, 1.82) is 0 Å². The van der Waals surface area contributed by atoms with E-state index in [9.17, 15) is 9.90 Å². The summed E-state index contributed by atoms with van der Waals surface area (Å²) in [7, 11) is 0. The monoisotopic (exact) mass is 609 g/mol. The average molecular weight is 609 g/mol. The van der Waals surface area contributed by atoms with Gasteiger partial charge in [-0.3, -0.25) is 4.79 Å². The second-order valence-corrected chi connectivity index (χ2v) is 9.10. The van der Waals surface area contributed by atoms with Crippen molar-refractivity contribution >= 4 is 79.1 Å². The van der Waals surface area contributed by atoms with Crippen molar-refractivity contribution in [2.75, 3.05) is 0 Å². The largest absolute Gasteiger partial charge is 0.508 e. The first-order chi connectivity index (χ1) is 14.0. The van der Waals surface area contributed by atoms with Crippen LogP contribution in [0.1, 0.15) is 12.0 Å². The van der Waals surface area contributed by atoms with Gasteiger partial charge in [-0.05, 0) is 111 Å². The molecule has 0 aliphatic heterocycles. The van der Waals surface area contributed by atoms with Crippen molar-refractivity contribution in [3.8, 4) is 5.75 Å². The van der Waals surface area contributed by atoms with E-state index in [4.69, 9.17) is 0 Å². The number of hydrogen-bond donors (Lipinski definition) is 2. The number of benzene rings is 3. The lowest BCUT2D eigenvalue weighted by atomic mass is 10.2. The molecule has 3 aromatic carbocycles. The number of phenolic OH excluding ortho intramolecular Hbond substituents is 1. The lowest BCUT2D eigenvalue weighted by Gasteiger charge is -2.07. The minimum absolute atomic E-state index is 0.147. The Morgan fingerprint density at radius 3 is 2.14 bits per heavy atom. The van der Waals surface area contributed by atoms with Crippen molar-refractivity contribution in [1.82, 2.24) is 9.99 Å². The number of phenols is 1. The smallest absolute Gasteiger partial charge is 0.241 e. The first kappa shape index (κ1) is 20.1. The molecule has 1 amide bonds. The maximum atomic E-state index is 12.3. The normalized spacial score (nSPS) is 11.5. The minimum atomic E-state index is -0.147. The van der Waals surface area contributed by atoms with Gasteiger partial charge in [-0.1, -0.05) is 0 Å². The summed E-state index contributed by atoms with van der Waals surface area (Å²) in [5.74, 6) is 0.0489. The van der Waals surface area contributed by atoms with Crippen LogP contribution in [0.5, 0.6) is 5.75 Å². The topological polar surface area (TPSA) is 66.6 Å². The van der Waals surface area contributed by atoms with Gasteiger partial charge in [0.2, 0.25) is 5.91 Å². The van der Waals surface area contributed by atoms with Gasteiger partial charge in [-0.25, -0.2) is 5.43 Å². The number of carbonyl (C=O) groups excluding carboxylic acids is 1. The number of hydrogen-bond acceptors (Lipinski definition) is 3. The third-order valence-electron chi connectivity index (χ3n) is 4.65. The molecule has 7 heteroatoms. The SMILES string of the molecule is O=C(CCn1c2ccc(I)cc2c2cc(I)ccc21)N/N=C\c1ccc(O)cc1. The maximum Gasteiger partial charge on any atom is 0.241 e. The highest BCUT2D eigenvalue weighted by atomic mass is 127. The van der Waals surface area contributed by atoms with E-state index in [1.165, 1.54) is 17.9 Å². The number of aryl methyl sites for hydroxylation is 1. The molecule has 2 N–H and O–H groups in total. The zero-order chi connectivity index (χ0) is 20.4. The van der Waals surface area contributed by atoms with Gasteiger partial charge in [-0.2, -0.15) is 5.10 Å². The second kappa shape index (κ2) is 8.70. The highest BCUT2D eigenvalue weighted by Crippen LogP contribution is 2.31. The molecule has 0 bridgehead atoms. The Bertz CT molecular complexity index is 1170. The van der Waals surface area contributed by atoms with Crippen LogP contribution in [0.15, 0.2) is 65.8 Å². The Hall–Kier alpha value is -2.14. The summed E-state index contributed by atoms with van der Waals surface area (Å²) >= 11 is 4.65. The molecule has 4 aromatic rings. The molecule has 1 heterocycles. The zero-order valence-corrected chi connectivity index (χ0v) is 19.6. The third kappa shape index (κ3) is 4.55. The molecule has 0 spiro atoms. The van der Waals surface area contributed by atoms with Gasteiger partial charge in [0, 0.05) is 41.9 Å². The molecule has 4 rings (SSSR count). The van der Waals surface area contributed by atoms with Gasteiger partial charge >= 0.3 is 0 Å². The molecule has 0 aliphatic rings. The lowest BCUT2D eigenvalue weighted by molar-refractivity contribution is -0.121. The molecule has 0 atom stereocenters. The third-order valence-corrected chi connectivity index (χ3v) is 5.99. The summed E-state index contributed by atoms with van der Waals surface area (Å²) in [6, 6.07) is 19.4. The van der Waals surface area contributed by atoms with E-state index in [1.54, 1.807) is 30.5 Å². The first-order valence-corrected chi connectivity index (χ1v) is 11.1. The zero-order valence-electron chi connectivity index (χ0n) is 15.3. The maximum absolute atomic E-state index is 12.3. The van der Waals surface area contributed by atoms with E-state index in [0.29, 0.717) is 13.0 Å². The van der Waals surface area contributed by atoms with Gasteiger partial charge in [-0.15, -0.1) is 0 Å². The van der Waals surface area contributed by atoms with E-state index in [0.717, 1.165) is 16.6 Å². The second-order valence-electron chi connectivity index (χ2n) is 6.61. The highest BCUT2D eigenvalue weighted by molar-refractivity contribution is 14.1. The molecular formula is C22H17I2N3O2. The molecule has 29 heavy (non-hydrogen) atoms. The van der Waals surface area contributed by atoms with Crippen LogP contribution in [0.4, 0.5) is 0 Å². The Morgan fingerprint density at radius 2 is 1.55 bits per heavy atom. The summed E-state index contributed by atoms with van der Waals surface area (Å²) in [5.41, 5.74) is 5.63. The van der Waals surface area contributed by atoms with Gasteiger partial charge in [0.25, 0.3) is 0 Å². The Morgan fingerprint density at radius 1 is 0.966 bits per heavy atom. The molecule has 0 fully saturated rings. The van der Waals surface area contributed by atoms with Gasteiger partial charge in [0.05, 0.1) is 6.21 Å². The molecular weight excluding hydrogens is 592 g/mol. The summed E-state index contributed by atoms with van der Waals surface area (Å²) in [4.78, 5) is 12.3. The van der Waals surface area contributed by atoms with Crippen molar-refractivity contribution in [2.45, 2.75) is 13.0 Å². The lowest BCUT2D eigenvalue weighted by Crippen LogP contribution is -2.19. The van der Waals surface area contributed by atoms with E-state index in [2.05, 4.69) is 96.7 Å². The molecule has 5 nitrogen and oxygen atoms in total. The van der Waals surface area contributed by atoms with Crippen LogP contribution in [0, 0.1) is 7.14 Å². The number of halogens is 2. The van der Waals surface area contributed by atoms with E-state index < -0.39 is 0 Å². The van der Waals surface area contributed by atoms with Crippen LogP contribution >= 0.6 is 45.2 Å². The molecule has 0 aliphatic carbocycles. The highest BCUT2D eigenvalue weighted by Gasteiger charge is 2.12. The number of carbonyl (C=O) groups is 1. The predicted molar refractivity (Wildman–Crippen MR) is 133 cm³/mol. The number of aromatic hydroxyl groups is 1. The van der Waals surface area contributed by atoms with Crippen LogP contribution in [-0.2, 0) is 11.3 Å². The number of amides is 1. The van der Waals surface area contributed by atoms with Crippen LogP contribution in [-0.4, -0.2) is 21.8 Å². The summed E-state index contributed by atoms with van der Waals surface area (Å²) in [5, 5.41) is 15.7. The van der Waals surface area contributed by atoms with E-state index in [-0.39, 0.29) is 11.7 Å². The summed E-state index contributed by atoms with van der Waals surface area (Å²) < 4.78 is 4.57. The number of nitrogens with one attached hydrogen (secondary N) is 1. The molecule has 0 unspecified atom stereocenters. The fraction of sp³-hybridized carbons (Fsp3) is 0.0909. The van der Waals surface area contributed by atoms with Crippen LogP contribution < -0.4 is 5.43 Å². The molecule has 0 saturated heterocycles. The minimum Gasteiger partial charge on any atom is -0.508 e. The van der Waals surface area contributed by atoms with E-state index >= 15 is 0 Å². The Labute approximate surface area is 195 Å². The first-order valence-electron chi connectivity index (χ1n) is 8.99. The number of nitrogens with zero attached hydrogens (tertiary/aromatic N) is 2. The number of aromatic nitrogens is 1. The molecule has 1 aromatic heterocycles. The Balaban J connectivity index is 1.51. The number of fused-ring (bicyclic) bond motifs is 3. The van der Waals surface area contributed by atoms with Crippen LogP contribution in [0.2, 0.25) is 0 Å². The quantitative estimate of drug-likeness (QED) is 0.185. The average Bonchev–Trinajstić information content (AvgIpc) is 3.00. The van der Waals surface area contributed by atoms with Crippen LogP contribution in [0.25, 0.3) is 21.8 Å². The number of rotatable bonds is 5. The van der Waals surface area contributed by atoms with Crippen molar-refractivity contribution in [3.05, 3.63) is 73.4 Å². The predicted octanol–water partition coefficient (Wildman–Crippen LogP) is 5.25. The summed E-state index contributed by atoms with van der Waals surface area (Å²) in [6.07, 6.45) is 1.88. The standard InChI is InChI=1S/C22H17I2N3O2/c23-15-3-7-20-18(11-15)19-12-16(24)4-8-21(19)27(20)10-9-22(29)26-25-13-14-1-5-17(28)6-2-14/h1-8,11-13,28H,9-10H2,(H,26,29)/b25-13-. The van der Waals surface area contributed by atoms with Crippen molar-refractivity contribution in [3.63, 3.8) is 0 Å². The van der Waals surface area contributed by atoms with Crippen molar-refractivity contribution in [2.24, 2.45) is 5.10 Å².